The largest absolute Gasteiger partial charge is 0.331 e. The van der Waals surface area contributed by atoms with Crippen molar-refractivity contribution in [2.24, 2.45) is 0 Å². The van der Waals surface area contributed by atoms with E-state index < -0.39 is 11.9 Å². The van der Waals surface area contributed by atoms with Crippen molar-refractivity contribution in [2.75, 3.05) is 27.2 Å². The Bertz CT molecular complexity index is 1510. The van der Waals surface area contributed by atoms with Crippen molar-refractivity contribution in [3.8, 4) is 5.69 Å². The first kappa shape index (κ1) is 28.5. The highest BCUT2D eigenvalue weighted by Crippen LogP contribution is 2.31. The number of carbonyl (C=O) groups is 1. The van der Waals surface area contributed by atoms with E-state index in [4.69, 9.17) is 16.6 Å². The maximum atomic E-state index is 14.3. The van der Waals surface area contributed by atoms with Crippen LogP contribution < -0.4 is 5.56 Å². The van der Waals surface area contributed by atoms with Crippen LogP contribution in [0, 0.1) is 5.82 Å². The lowest BCUT2D eigenvalue weighted by atomic mass is 9.94. The van der Waals surface area contributed by atoms with Crippen LogP contribution in [0.25, 0.3) is 16.6 Å². The van der Waals surface area contributed by atoms with E-state index >= 15 is 0 Å². The van der Waals surface area contributed by atoms with Crippen molar-refractivity contribution in [3.63, 3.8) is 0 Å². The third kappa shape index (κ3) is 6.05. The van der Waals surface area contributed by atoms with E-state index in [1.54, 1.807) is 18.2 Å². The van der Waals surface area contributed by atoms with Gasteiger partial charge in [0.05, 0.1) is 33.6 Å². The molecule has 2 unspecified atom stereocenters. The second kappa shape index (κ2) is 12.5. The number of aromatic nitrogens is 2. The molecule has 1 amide bonds. The van der Waals surface area contributed by atoms with E-state index in [2.05, 4.69) is 0 Å². The topological polar surface area (TPSA) is 58.4 Å². The molecule has 2 atom stereocenters. The molecule has 1 aromatic heterocycles. The van der Waals surface area contributed by atoms with Gasteiger partial charge in [-0.3, -0.25) is 14.2 Å². The summed E-state index contributed by atoms with van der Waals surface area (Å²) in [6.07, 6.45) is 1.15. The van der Waals surface area contributed by atoms with E-state index in [9.17, 15) is 14.0 Å². The van der Waals surface area contributed by atoms with Gasteiger partial charge < -0.3 is 9.80 Å². The molecule has 6 nitrogen and oxygen atoms in total. The Morgan fingerprint density at radius 1 is 0.974 bits per heavy atom. The minimum Gasteiger partial charge on any atom is -0.331 e. The van der Waals surface area contributed by atoms with Gasteiger partial charge in [0.15, 0.2) is 0 Å². The fourth-order valence-electron chi connectivity index (χ4n) is 4.96. The molecule has 0 aliphatic rings. The van der Waals surface area contributed by atoms with Gasteiger partial charge in [0.25, 0.3) is 5.56 Å². The Balaban J connectivity index is 1.93. The van der Waals surface area contributed by atoms with Gasteiger partial charge in [-0.05, 0) is 62.8 Å². The van der Waals surface area contributed by atoms with Crippen molar-refractivity contribution in [1.29, 1.82) is 0 Å². The fraction of sp³-hybridized carbons (Fsp3) is 0.323. The molecule has 0 spiro atoms. The summed E-state index contributed by atoms with van der Waals surface area (Å²) in [7, 11) is 3.92. The predicted molar refractivity (Wildman–Crippen MR) is 155 cm³/mol. The zero-order valence-electron chi connectivity index (χ0n) is 22.8. The van der Waals surface area contributed by atoms with Crippen LogP contribution in [0.3, 0.4) is 0 Å². The van der Waals surface area contributed by atoms with Crippen LogP contribution >= 0.6 is 11.6 Å². The van der Waals surface area contributed by atoms with Crippen molar-refractivity contribution < 1.29 is 9.18 Å². The van der Waals surface area contributed by atoms with Crippen LogP contribution in [0.5, 0.6) is 0 Å². The molecule has 8 heteroatoms. The number of rotatable bonds is 10. The number of benzene rings is 3. The minimum atomic E-state index is -0.577. The Hall–Kier alpha value is -3.55. The number of halogens is 2. The van der Waals surface area contributed by atoms with Crippen LogP contribution in [0.2, 0.25) is 5.02 Å². The summed E-state index contributed by atoms with van der Waals surface area (Å²) in [5.74, 6) is -0.530. The second-order valence-corrected chi connectivity index (χ2v) is 10.3. The monoisotopic (exact) mass is 548 g/mol. The molecule has 4 rings (SSSR count). The summed E-state index contributed by atoms with van der Waals surface area (Å²) in [4.78, 5) is 37.0. The van der Waals surface area contributed by atoms with Gasteiger partial charge in [0.1, 0.15) is 11.6 Å². The first-order valence-corrected chi connectivity index (χ1v) is 13.6. The van der Waals surface area contributed by atoms with E-state index in [0.717, 1.165) is 5.56 Å². The predicted octanol–water partition coefficient (Wildman–Crippen LogP) is 6.21. The summed E-state index contributed by atoms with van der Waals surface area (Å²) in [6.45, 7) is 5.06. The average molecular weight is 549 g/mol. The molecule has 0 fully saturated rings. The van der Waals surface area contributed by atoms with Gasteiger partial charge in [-0.2, -0.15) is 0 Å². The van der Waals surface area contributed by atoms with Gasteiger partial charge in [-0.1, -0.05) is 67.9 Å². The number of likely N-dealkylation sites (N-methyl/N-ethyl adjacent to an activating group) is 1. The highest BCUT2D eigenvalue weighted by atomic mass is 35.5. The van der Waals surface area contributed by atoms with E-state index in [-0.39, 0.29) is 22.4 Å². The highest BCUT2D eigenvalue weighted by Gasteiger charge is 2.33. The maximum absolute atomic E-state index is 14.3. The number of fused-ring (bicyclic) bond motifs is 1. The van der Waals surface area contributed by atoms with Crippen molar-refractivity contribution >= 4 is 28.4 Å². The quantitative estimate of drug-likeness (QED) is 0.236. The molecule has 1 heterocycles. The van der Waals surface area contributed by atoms with Gasteiger partial charge in [-0.15, -0.1) is 0 Å². The first-order valence-electron chi connectivity index (χ1n) is 13.2. The van der Waals surface area contributed by atoms with Crippen LogP contribution in [0.15, 0.2) is 77.6 Å². The molecule has 204 valence electrons. The molecule has 39 heavy (non-hydrogen) atoms. The highest BCUT2D eigenvalue weighted by molar-refractivity contribution is 6.30. The van der Waals surface area contributed by atoms with Crippen molar-refractivity contribution in [2.45, 2.75) is 38.6 Å². The molecule has 0 N–H and O–H groups in total. The maximum Gasteiger partial charge on any atom is 0.266 e. The zero-order chi connectivity index (χ0) is 28.1. The summed E-state index contributed by atoms with van der Waals surface area (Å²) >= 11 is 6.15. The molecule has 0 bridgehead atoms. The standard InChI is InChI=1S/C31H34ClFN4O2/c1-5-23(21-12-8-7-9-13-21)30(38)36(19-18-35(3)4)28(6-2)29-34-27-15-11-10-14-24(27)31(39)37(29)22-16-17-26(33)25(32)20-22/h7-17,20,23,28H,5-6,18-19H2,1-4H3. The van der Waals surface area contributed by atoms with Gasteiger partial charge in [-0.25, -0.2) is 9.37 Å². The molecule has 4 aromatic rings. The number of hydrogen-bond donors (Lipinski definition) is 0. The summed E-state index contributed by atoms with van der Waals surface area (Å²) in [6, 6.07) is 20.5. The van der Waals surface area contributed by atoms with E-state index in [1.165, 1.54) is 22.8 Å². The normalized spacial score (nSPS) is 13.0. The zero-order valence-corrected chi connectivity index (χ0v) is 23.5. The lowest BCUT2D eigenvalue weighted by Gasteiger charge is -2.35. The number of carbonyl (C=O) groups excluding carboxylic acids is 1. The summed E-state index contributed by atoms with van der Waals surface area (Å²) < 4.78 is 15.6. The molecular weight excluding hydrogens is 515 g/mol. The third-order valence-electron chi connectivity index (χ3n) is 7.00. The Kier molecular flexibility index (Phi) is 9.15. The molecular formula is C31H34ClFN4O2. The van der Waals surface area contributed by atoms with Gasteiger partial charge in [0, 0.05) is 13.1 Å². The molecule has 0 aliphatic heterocycles. The molecule has 0 saturated heterocycles. The average Bonchev–Trinajstić information content (AvgIpc) is 2.93. The SMILES string of the molecule is CCC(C(=O)N(CCN(C)C)C(CC)c1nc2ccccc2c(=O)n1-c1ccc(F)c(Cl)c1)c1ccccc1. The van der Waals surface area contributed by atoms with Crippen LogP contribution in [0.4, 0.5) is 4.39 Å². The number of hydrogen-bond acceptors (Lipinski definition) is 4. The summed E-state index contributed by atoms with van der Waals surface area (Å²) in [5.41, 5.74) is 1.58. The Morgan fingerprint density at radius 3 is 2.31 bits per heavy atom. The van der Waals surface area contributed by atoms with Crippen molar-refractivity contribution in [3.05, 3.63) is 105 Å². The lowest BCUT2D eigenvalue weighted by Crippen LogP contribution is -2.43. The summed E-state index contributed by atoms with van der Waals surface area (Å²) in [5, 5.41) is 0.334. The smallest absolute Gasteiger partial charge is 0.266 e. The lowest BCUT2D eigenvalue weighted by molar-refractivity contribution is -0.136. The third-order valence-corrected chi connectivity index (χ3v) is 7.29. The van der Waals surface area contributed by atoms with Crippen molar-refractivity contribution in [1.82, 2.24) is 19.4 Å². The van der Waals surface area contributed by atoms with Crippen LogP contribution in [-0.2, 0) is 4.79 Å². The van der Waals surface area contributed by atoms with Crippen LogP contribution in [-0.4, -0.2) is 52.4 Å². The molecule has 0 saturated carbocycles. The number of amides is 1. The first-order chi connectivity index (χ1) is 18.8. The second-order valence-electron chi connectivity index (χ2n) is 9.86. The molecule has 3 aromatic carbocycles. The van der Waals surface area contributed by atoms with Crippen LogP contribution in [0.1, 0.15) is 50.0 Å². The Morgan fingerprint density at radius 2 is 1.67 bits per heavy atom. The molecule has 0 aliphatic carbocycles. The van der Waals surface area contributed by atoms with Gasteiger partial charge in [0.2, 0.25) is 5.91 Å². The molecule has 0 radical (unpaired) electrons. The minimum absolute atomic E-state index is 0.0245. The van der Waals surface area contributed by atoms with E-state index in [0.29, 0.717) is 48.3 Å². The van der Waals surface area contributed by atoms with Gasteiger partial charge >= 0.3 is 0 Å². The number of nitrogens with zero attached hydrogens (tertiary/aromatic N) is 4. The number of para-hydroxylation sites is 1. The Labute approximate surface area is 233 Å². The van der Waals surface area contributed by atoms with E-state index in [1.807, 2.05) is 74.1 Å². The fourth-order valence-corrected chi connectivity index (χ4v) is 5.13.